The van der Waals surface area contributed by atoms with Gasteiger partial charge in [0.05, 0.1) is 10.7 Å². The minimum Gasteiger partial charge on any atom is -0.458 e. The molecule has 0 bridgehead atoms. The molecule has 5 nitrogen and oxygen atoms in total. The van der Waals surface area contributed by atoms with Crippen molar-refractivity contribution >= 4 is 27.7 Å². The summed E-state index contributed by atoms with van der Waals surface area (Å²) in [6.07, 6.45) is 2.04. The van der Waals surface area contributed by atoms with Crippen LogP contribution in [0.2, 0.25) is 0 Å². The van der Waals surface area contributed by atoms with E-state index in [1.54, 1.807) is 6.07 Å². The Hall–Kier alpha value is -1.30. The van der Waals surface area contributed by atoms with Gasteiger partial charge in [0.2, 0.25) is 11.7 Å². The summed E-state index contributed by atoms with van der Waals surface area (Å²) in [4.78, 5) is 24.2. The zero-order valence-corrected chi connectivity index (χ0v) is 9.36. The van der Waals surface area contributed by atoms with Gasteiger partial charge >= 0.3 is 0 Å². The van der Waals surface area contributed by atoms with Gasteiger partial charge in [-0.3, -0.25) is 9.59 Å². The lowest BCUT2D eigenvalue weighted by Crippen LogP contribution is -2.57. The van der Waals surface area contributed by atoms with Crippen molar-refractivity contribution in [3.05, 3.63) is 22.6 Å². The molecule has 1 aliphatic rings. The molecule has 1 saturated heterocycles. The van der Waals surface area contributed by atoms with Crippen LogP contribution in [0.3, 0.4) is 0 Å². The molecule has 0 aliphatic carbocycles. The third-order valence-corrected chi connectivity index (χ3v) is 3.04. The monoisotopic (exact) mass is 272 g/mol. The number of hydrogen-bond donors (Lipinski definition) is 1. The molecular formula is C9H9BrN2O3. The van der Waals surface area contributed by atoms with E-state index in [0.717, 1.165) is 0 Å². The summed E-state index contributed by atoms with van der Waals surface area (Å²) in [5.41, 5.74) is 5.14. The number of rotatable bonds is 2. The molecule has 80 valence electrons. The molecule has 0 spiro atoms. The SMILES string of the molecule is NC(=O)C1CCN1C(=O)c1occc1Br. The molecule has 0 saturated carbocycles. The average molecular weight is 273 g/mol. The number of hydrogen-bond acceptors (Lipinski definition) is 3. The van der Waals surface area contributed by atoms with E-state index in [1.165, 1.54) is 11.2 Å². The Morgan fingerprint density at radius 2 is 2.33 bits per heavy atom. The van der Waals surface area contributed by atoms with Gasteiger partial charge in [-0.25, -0.2) is 0 Å². The van der Waals surface area contributed by atoms with Gasteiger partial charge in [-0.15, -0.1) is 0 Å². The van der Waals surface area contributed by atoms with Gasteiger partial charge < -0.3 is 15.1 Å². The highest BCUT2D eigenvalue weighted by molar-refractivity contribution is 9.10. The molecule has 1 aromatic rings. The molecule has 0 radical (unpaired) electrons. The lowest BCUT2D eigenvalue weighted by atomic mass is 10.0. The highest BCUT2D eigenvalue weighted by atomic mass is 79.9. The fraction of sp³-hybridized carbons (Fsp3) is 0.333. The summed E-state index contributed by atoms with van der Waals surface area (Å²) in [6, 6.07) is 1.14. The molecule has 2 rings (SSSR count). The second-order valence-electron chi connectivity index (χ2n) is 3.30. The Bertz CT molecular complexity index is 415. The Morgan fingerprint density at radius 3 is 2.73 bits per heavy atom. The Balaban J connectivity index is 2.16. The van der Waals surface area contributed by atoms with E-state index in [0.29, 0.717) is 17.4 Å². The smallest absolute Gasteiger partial charge is 0.291 e. The normalized spacial score (nSPS) is 19.8. The first kappa shape index (κ1) is 10.2. The lowest BCUT2D eigenvalue weighted by molar-refractivity contribution is -0.125. The molecule has 1 unspecified atom stereocenters. The highest BCUT2D eigenvalue weighted by Gasteiger charge is 2.38. The number of nitrogens with two attached hydrogens (primary N) is 1. The first-order valence-electron chi connectivity index (χ1n) is 4.44. The summed E-state index contributed by atoms with van der Waals surface area (Å²) < 4.78 is 5.61. The molecule has 0 aromatic carbocycles. The minimum atomic E-state index is -0.491. The van der Waals surface area contributed by atoms with E-state index in [4.69, 9.17) is 10.2 Å². The van der Waals surface area contributed by atoms with Gasteiger partial charge in [0.15, 0.2) is 0 Å². The van der Waals surface area contributed by atoms with Crippen molar-refractivity contribution in [2.45, 2.75) is 12.5 Å². The maximum Gasteiger partial charge on any atom is 0.291 e. The van der Waals surface area contributed by atoms with Crippen molar-refractivity contribution < 1.29 is 14.0 Å². The van der Waals surface area contributed by atoms with Crippen molar-refractivity contribution in [1.82, 2.24) is 4.90 Å². The summed E-state index contributed by atoms with van der Waals surface area (Å²) in [5, 5.41) is 0. The van der Waals surface area contributed by atoms with Crippen LogP contribution >= 0.6 is 15.9 Å². The van der Waals surface area contributed by atoms with Crippen LogP contribution in [0.4, 0.5) is 0 Å². The first-order valence-corrected chi connectivity index (χ1v) is 5.24. The van der Waals surface area contributed by atoms with Gasteiger partial charge in [-0.1, -0.05) is 0 Å². The number of likely N-dealkylation sites (tertiary alicyclic amines) is 1. The van der Waals surface area contributed by atoms with Crippen molar-refractivity contribution in [2.24, 2.45) is 5.73 Å². The molecular weight excluding hydrogens is 264 g/mol. The van der Waals surface area contributed by atoms with Crippen LogP contribution in [-0.2, 0) is 4.79 Å². The van der Waals surface area contributed by atoms with Crippen molar-refractivity contribution in [2.75, 3.05) is 6.54 Å². The molecule has 2 N–H and O–H groups in total. The van der Waals surface area contributed by atoms with E-state index in [9.17, 15) is 9.59 Å². The maximum atomic E-state index is 11.8. The van der Waals surface area contributed by atoms with Crippen LogP contribution in [0.1, 0.15) is 17.0 Å². The zero-order chi connectivity index (χ0) is 11.0. The van der Waals surface area contributed by atoms with Crippen molar-refractivity contribution in [3.8, 4) is 0 Å². The van der Waals surface area contributed by atoms with E-state index in [1.807, 2.05) is 0 Å². The summed E-state index contributed by atoms with van der Waals surface area (Å²) in [5.74, 6) is -0.569. The predicted molar refractivity (Wildman–Crippen MR) is 55.0 cm³/mol. The van der Waals surface area contributed by atoms with Crippen LogP contribution in [0, 0.1) is 0 Å². The summed E-state index contributed by atoms with van der Waals surface area (Å²) in [7, 11) is 0. The topological polar surface area (TPSA) is 76.5 Å². The standard InChI is InChI=1S/C9H9BrN2O3/c10-5-2-4-15-7(5)9(14)12-3-1-6(12)8(11)13/h2,4,6H,1,3H2,(H2,11,13). The molecule has 1 atom stereocenters. The molecule has 6 heteroatoms. The van der Waals surface area contributed by atoms with Crippen LogP contribution < -0.4 is 5.73 Å². The van der Waals surface area contributed by atoms with Gasteiger partial charge in [-0.2, -0.15) is 0 Å². The number of nitrogens with zero attached hydrogens (tertiary/aromatic N) is 1. The summed E-state index contributed by atoms with van der Waals surface area (Å²) in [6.45, 7) is 0.541. The molecule has 1 aromatic heterocycles. The lowest BCUT2D eigenvalue weighted by Gasteiger charge is -2.38. The maximum absolute atomic E-state index is 11.8. The minimum absolute atomic E-state index is 0.209. The third kappa shape index (κ3) is 1.65. The van der Waals surface area contributed by atoms with E-state index in [2.05, 4.69) is 15.9 Å². The number of carbonyl (C=O) groups is 2. The number of carbonyl (C=O) groups excluding carboxylic acids is 2. The molecule has 1 fully saturated rings. The first-order chi connectivity index (χ1) is 7.11. The zero-order valence-electron chi connectivity index (χ0n) is 7.77. The van der Waals surface area contributed by atoms with Crippen LogP contribution in [0.5, 0.6) is 0 Å². The number of furan rings is 1. The Labute approximate surface area is 94.3 Å². The van der Waals surface area contributed by atoms with Gasteiger partial charge in [-0.05, 0) is 28.4 Å². The van der Waals surface area contributed by atoms with Gasteiger partial charge in [0.25, 0.3) is 5.91 Å². The van der Waals surface area contributed by atoms with Crippen LogP contribution in [0.25, 0.3) is 0 Å². The second kappa shape index (κ2) is 3.69. The van der Waals surface area contributed by atoms with Gasteiger partial charge in [0.1, 0.15) is 6.04 Å². The second-order valence-corrected chi connectivity index (χ2v) is 4.16. The van der Waals surface area contributed by atoms with E-state index >= 15 is 0 Å². The summed E-state index contributed by atoms with van der Waals surface area (Å²) >= 11 is 3.19. The largest absolute Gasteiger partial charge is 0.458 e. The average Bonchev–Trinajstić information content (AvgIpc) is 2.47. The highest BCUT2D eigenvalue weighted by Crippen LogP contribution is 2.25. The predicted octanol–water partition coefficient (Wildman–Crippen LogP) is 0.742. The Kier molecular flexibility index (Phi) is 2.52. The van der Waals surface area contributed by atoms with Crippen molar-refractivity contribution in [3.63, 3.8) is 0 Å². The van der Waals surface area contributed by atoms with Crippen molar-refractivity contribution in [1.29, 1.82) is 0 Å². The third-order valence-electron chi connectivity index (χ3n) is 2.42. The molecule has 2 amide bonds. The van der Waals surface area contributed by atoms with E-state index < -0.39 is 11.9 Å². The fourth-order valence-corrected chi connectivity index (χ4v) is 1.87. The number of primary amides is 1. The number of amides is 2. The van der Waals surface area contributed by atoms with E-state index in [-0.39, 0.29) is 11.7 Å². The van der Waals surface area contributed by atoms with Gasteiger partial charge in [0, 0.05) is 6.54 Å². The molecule has 15 heavy (non-hydrogen) atoms. The molecule has 1 aliphatic heterocycles. The Morgan fingerprint density at radius 1 is 1.60 bits per heavy atom. The molecule has 2 heterocycles. The quantitative estimate of drug-likeness (QED) is 0.863. The van der Waals surface area contributed by atoms with Crippen LogP contribution in [0.15, 0.2) is 21.2 Å². The number of halogens is 1. The fourth-order valence-electron chi connectivity index (χ4n) is 1.50. The van der Waals surface area contributed by atoms with Crippen LogP contribution in [-0.4, -0.2) is 29.3 Å².